The monoisotopic (exact) mass is 279 g/mol. The lowest BCUT2D eigenvalue weighted by molar-refractivity contribution is -0.129. The zero-order chi connectivity index (χ0) is 11.5. The molecule has 0 bridgehead atoms. The molecule has 1 aliphatic rings. The molecule has 84 valence electrons. The van der Waals surface area contributed by atoms with Crippen LogP contribution in [0.4, 0.5) is 0 Å². The molecule has 1 heterocycles. The number of hydrogen-bond acceptors (Lipinski definition) is 1. The van der Waals surface area contributed by atoms with Gasteiger partial charge in [0.15, 0.2) is 0 Å². The Morgan fingerprint density at radius 1 is 1.44 bits per heavy atom. The van der Waals surface area contributed by atoms with E-state index in [1.54, 1.807) is 0 Å². The maximum Gasteiger partial charge on any atom is 0.223 e. The van der Waals surface area contributed by atoms with Crippen molar-refractivity contribution in [2.45, 2.75) is 25.4 Å². The van der Waals surface area contributed by atoms with Gasteiger partial charge < -0.3 is 4.90 Å². The van der Waals surface area contributed by atoms with Crippen LogP contribution in [0.1, 0.15) is 18.4 Å². The molecule has 1 aromatic carbocycles. The minimum absolute atomic E-state index is 0.205. The lowest BCUT2D eigenvalue weighted by Crippen LogP contribution is -2.30. The number of amides is 1. The number of carbonyl (C=O) groups excluding carboxylic acids is 1. The second-order valence-corrected chi connectivity index (χ2v) is 4.91. The van der Waals surface area contributed by atoms with Crippen molar-refractivity contribution >= 4 is 21.8 Å². The largest absolute Gasteiger partial charge is 0.332 e. The Balaban J connectivity index is 2.11. The molecule has 1 saturated heterocycles. The highest BCUT2D eigenvalue weighted by Crippen LogP contribution is 2.22. The molecule has 0 spiro atoms. The number of likely N-dealkylation sites (tertiary alicyclic amines) is 1. The molecule has 1 atom stereocenters. The van der Waals surface area contributed by atoms with Gasteiger partial charge in [0.2, 0.25) is 5.91 Å². The second kappa shape index (κ2) is 4.83. The molecule has 0 aliphatic carbocycles. The van der Waals surface area contributed by atoms with Crippen LogP contribution in [-0.2, 0) is 11.3 Å². The average molecular weight is 280 g/mol. The summed E-state index contributed by atoms with van der Waals surface area (Å²) in [6, 6.07) is 8.28. The van der Waals surface area contributed by atoms with Crippen LogP contribution in [0.5, 0.6) is 0 Å². The number of carbonyl (C=O) groups is 1. The van der Waals surface area contributed by atoms with Gasteiger partial charge in [0.1, 0.15) is 0 Å². The third kappa shape index (κ3) is 2.35. The van der Waals surface area contributed by atoms with E-state index in [0.29, 0.717) is 13.0 Å². The van der Waals surface area contributed by atoms with Gasteiger partial charge in [-0.3, -0.25) is 4.79 Å². The smallest absolute Gasteiger partial charge is 0.223 e. The quantitative estimate of drug-likeness (QED) is 0.779. The van der Waals surface area contributed by atoms with Crippen molar-refractivity contribution in [3.05, 3.63) is 47.0 Å². The van der Waals surface area contributed by atoms with Crippen LogP contribution in [0.3, 0.4) is 0 Å². The first-order valence-electron chi connectivity index (χ1n) is 5.37. The van der Waals surface area contributed by atoms with Gasteiger partial charge in [-0.2, -0.15) is 0 Å². The van der Waals surface area contributed by atoms with E-state index in [2.05, 4.69) is 22.5 Å². The number of nitrogens with zero attached hydrogens (tertiary/aromatic N) is 1. The van der Waals surface area contributed by atoms with Crippen LogP contribution >= 0.6 is 15.9 Å². The number of halogens is 1. The fraction of sp³-hybridized carbons (Fsp3) is 0.308. The maximum atomic E-state index is 11.7. The molecule has 0 unspecified atom stereocenters. The molecule has 0 aromatic heterocycles. The molecule has 1 amide bonds. The summed E-state index contributed by atoms with van der Waals surface area (Å²) in [6.07, 6.45) is 3.41. The lowest BCUT2D eigenvalue weighted by Gasteiger charge is -2.22. The first-order valence-corrected chi connectivity index (χ1v) is 6.16. The first-order chi connectivity index (χ1) is 7.70. The lowest BCUT2D eigenvalue weighted by atomic mass is 10.2. The topological polar surface area (TPSA) is 20.3 Å². The van der Waals surface area contributed by atoms with E-state index < -0.39 is 0 Å². The average Bonchev–Trinajstić information content (AvgIpc) is 2.63. The standard InChI is InChI=1S/C13H14BrNO/c1-2-12-7-8-13(16)15(12)9-10-3-5-11(14)6-4-10/h2-6,12H,1,7-9H2/t12-/m1/s1. The van der Waals surface area contributed by atoms with Crippen molar-refractivity contribution in [2.75, 3.05) is 0 Å². The minimum atomic E-state index is 0.205. The van der Waals surface area contributed by atoms with Crippen molar-refractivity contribution in [2.24, 2.45) is 0 Å². The second-order valence-electron chi connectivity index (χ2n) is 3.99. The van der Waals surface area contributed by atoms with Crippen molar-refractivity contribution < 1.29 is 4.79 Å². The van der Waals surface area contributed by atoms with Gasteiger partial charge >= 0.3 is 0 Å². The number of hydrogen-bond donors (Lipinski definition) is 0. The summed E-state index contributed by atoms with van der Waals surface area (Å²) < 4.78 is 1.06. The van der Waals surface area contributed by atoms with Gasteiger partial charge in [-0.25, -0.2) is 0 Å². The van der Waals surface area contributed by atoms with Crippen LogP contribution in [0.25, 0.3) is 0 Å². The van der Waals surface area contributed by atoms with Crippen LogP contribution in [0.15, 0.2) is 41.4 Å². The molecule has 16 heavy (non-hydrogen) atoms. The van der Waals surface area contributed by atoms with Gasteiger partial charge in [-0.1, -0.05) is 34.1 Å². The summed E-state index contributed by atoms with van der Waals surface area (Å²) >= 11 is 3.40. The van der Waals surface area contributed by atoms with E-state index in [9.17, 15) is 4.79 Å². The van der Waals surface area contributed by atoms with E-state index >= 15 is 0 Å². The molecule has 0 N–H and O–H groups in total. The zero-order valence-electron chi connectivity index (χ0n) is 9.03. The van der Waals surface area contributed by atoms with Crippen molar-refractivity contribution in [1.29, 1.82) is 0 Å². The third-order valence-electron chi connectivity index (χ3n) is 2.91. The molecule has 3 heteroatoms. The summed E-state index contributed by atoms with van der Waals surface area (Å²) in [5, 5.41) is 0. The molecule has 0 radical (unpaired) electrons. The van der Waals surface area contributed by atoms with Crippen LogP contribution in [0.2, 0.25) is 0 Å². The van der Waals surface area contributed by atoms with Gasteiger partial charge in [0.25, 0.3) is 0 Å². The van der Waals surface area contributed by atoms with Gasteiger partial charge in [0.05, 0.1) is 6.04 Å². The Hall–Kier alpha value is -1.09. The minimum Gasteiger partial charge on any atom is -0.332 e. The van der Waals surface area contributed by atoms with E-state index in [4.69, 9.17) is 0 Å². The SMILES string of the molecule is C=C[C@@H]1CCC(=O)N1Cc1ccc(Br)cc1. The van der Waals surface area contributed by atoms with Gasteiger partial charge in [-0.05, 0) is 24.1 Å². The summed E-state index contributed by atoms with van der Waals surface area (Å²) in [5.74, 6) is 0.229. The Morgan fingerprint density at radius 2 is 2.12 bits per heavy atom. The highest BCUT2D eigenvalue weighted by Gasteiger charge is 2.28. The predicted octanol–water partition coefficient (Wildman–Crippen LogP) is 3.13. The van der Waals surface area contributed by atoms with E-state index in [1.165, 1.54) is 0 Å². The zero-order valence-corrected chi connectivity index (χ0v) is 10.6. The fourth-order valence-electron chi connectivity index (χ4n) is 1.99. The number of benzene rings is 1. The highest BCUT2D eigenvalue weighted by atomic mass is 79.9. The van der Waals surface area contributed by atoms with Crippen LogP contribution in [-0.4, -0.2) is 16.8 Å². The molecular weight excluding hydrogens is 266 g/mol. The Bertz CT molecular complexity index is 399. The fourth-order valence-corrected chi connectivity index (χ4v) is 2.26. The van der Waals surface area contributed by atoms with E-state index in [1.807, 2.05) is 35.2 Å². The first kappa shape index (κ1) is 11.4. The van der Waals surface area contributed by atoms with Gasteiger partial charge in [-0.15, -0.1) is 6.58 Å². The summed E-state index contributed by atoms with van der Waals surface area (Å²) in [7, 11) is 0. The van der Waals surface area contributed by atoms with Crippen molar-refractivity contribution in [3.8, 4) is 0 Å². The Labute approximate surface area is 104 Å². The highest BCUT2D eigenvalue weighted by molar-refractivity contribution is 9.10. The Morgan fingerprint density at radius 3 is 2.75 bits per heavy atom. The van der Waals surface area contributed by atoms with Crippen molar-refractivity contribution in [3.63, 3.8) is 0 Å². The van der Waals surface area contributed by atoms with Gasteiger partial charge in [0, 0.05) is 17.4 Å². The summed E-state index contributed by atoms with van der Waals surface area (Å²) in [4.78, 5) is 13.6. The predicted molar refractivity (Wildman–Crippen MR) is 67.9 cm³/mol. The molecule has 1 aliphatic heterocycles. The summed E-state index contributed by atoms with van der Waals surface area (Å²) in [6.45, 7) is 4.47. The third-order valence-corrected chi connectivity index (χ3v) is 3.44. The molecule has 1 aromatic rings. The van der Waals surface area contributed by atoms with E-state index in [0.717, 1.165) is 16.5 Å². The Kier molecular flexibility index (Phi) is 3.44. The molecular formula is C13H14BrNO. The normalized spacial score (nSPS) is 20.2. The molecule has 1 fully saturated rings. The summed E-state index contributed by atoms with van der Waals surface area (Å²) in [5.41, 5.74) is 1.16. The van der Waals surface area contributed by atoms with Crippen LogP contribution in [0, 0.1) is 0 Å². The molecule has 2 nitrogen and oxygen atoms in total. The van der Waals surface area contributed by atoms with Crippen LogP contribution < -0.4 is 0 Å². The molecule has 2 rings (SSSR count). The maximum absolute atomic E-state index is 11.7. The number of rotatable bonds is 3. The van der Waals surface area contributed by atoms with Crippen molar-refractivity contribution in [1.82, 2.24) is 4.90 Å². The van der Waals surface area contributed by atoms with E-state index in [-0.39, 0.29) is 11.9 Å². The molecule has 0 saturated carbocycles.